The molecule has 2 heterocycles. The Labute approximate surface area is 349 Å². The smallest absolute Gasteiger partial charge is 0.321 e. The highest BCUT2D eigenvalue weighted by Crippen LogP contribution is 2.45. The molecule has 5 aromatic rings. The molecule has 5 N–H and O–H groups in total. The summed E-state index contributed by atoms with van der Waals surface area (Å²) in [6.45, 7) is 19.3. The molecule has 1 aliphatic heterocycles. The van der Waals surface area contributed by atoms with Gasteiger partial charge < -0.3 is 30.6 Å². The maximum absolute atomic E-state index is 13.1. The van der Waals surface area contributed by atoms with Crippen LogP contribution in [-0.4, -0.2) is 45.4 Å². The Morgan fingerprint density at radius 2 is 1.38 bits per heavy atom. The number of ether oxygens (including phenoxy) is 1. The zero-order chi connectivity index (χ0) is 44.1. The average molecular weight is 812 g/mol. The monoisotopic (exact) mass is 811 g/mol. The number of hydrogen-bond donors (Lipinski definition) is 5. The number of aromatic nitrogens is 1. The Hall–Kier alpha value is -6.33. The maximum Gasteiger partial charge on any atom is 0.321 e. The van der Waals surface area contributed by atoms with Crippen LogP contribution in [0.15, 0.2) is 95.4 Å². The highest BCUT2D eigenvalue weighted by Gasteiger charge is 2.42. The molecule has 1 aliphatic carbocycles. The number of aromatic amines is 1. The molecule has 1 aromatic heterocycles. The lowest BCUT2D eigenvalue weighted by molar-refractivity contribution is -0.137. The topological polar surface area (TPSA) is 175 Å². The Morgan fingerprint density at radius 1 is 0.783 bits per heavy atom. The van der Waals surface area contributed by atoms with Crippen LogP contribution in [0.3, 0.4) is 0 Å². The van der Waals surface area contributed by atoms with Crippen molar-refractivity contribution in [2.75, 3.05) is 17.2 Å². The Kier molecular flexibility index (Phi) is 11.3. The average Bonchev–Trinajstić information content (AvgIpc) is 3.40. The largest absolute Gasteiger partial charge is 0.508 e. The summed E-state index contributed by atoms with van der Waals surface area (Å²) in [6, 6.07) is 21.3. The molecule has 4 aromatic carbocycles. The molecule has 2 amide bonds. The predicted molar refractivity (Wildman–Crippen MR) is 234 cm³/mol. The van der Waals surface area contributed by atoms with E-state index in [0.29, 0.717) is 45.6 Å². The number of pyridine rings is 1. The van der Waals surface area contributed by atoms with Crippen molar-refractivity contribution in [1.82, 2.24) is 4.98 Å². The van der Waals surface area contributed by atoms with E-state index in [4.69, 9.17) is 4.74 Å². The zero-order valence-corrected chi connectivity index (χ0v) is 35.8. The summed E-state index contributed by atoms with van der Waals surface area (Å²) >= 11 is 0. The van der Waals surface area contributed by atoms with Gasteiger partial charge in [0.2, 0.25) is 5.43 Å². The molecule has 0 unspecified atom stereocenters. The molecule has 312 valence electrons. The molecule has 11 nitrogen and oxygen atoms in total. The molecule has 7 rings (SSSR count). The number of hydrogen-bond acceptors (Lipinski definition) is 8. The number of amides is 2. The van der Waals surface area contributed by atoms with Gasteiger partial charge in [0, 0.05) is 62.7 Å². The highest BCUT2D eigenvalue weighted by atomic mass is 16.5. The van der Waals surface area contributed by atoms with Crippen LogP contribution in [0.25, 0.3) is 10.9 Å². The van der Waals surface area contributed by atoms with Gasteiger partial charge in [-0.2, -0.15) is 0 Å². The number of benzene rings is 4. The SMILES string of the molecule is CC(C)(C)c1cc(C(C)(C)CO)c(O)cc1NC(=O)c1c[nH]c2ccccc2c1=O.CC(C)(C)c1cc2c(cc1NC(=O)C1=CCc3ccccc3C1=O)OC(=O)C2(C)C. The summed E-state index contributed by atoms with van der Waals surface area (Å²) in [4.78, 5) is 66.9. The van der Waals surface area contributed by atoms with E-state index in [1.54, 1.807) is 42.5 Å². The normalized spacial score (nSPS) is 14.6. The summed E-state index contributed by atoms with van der Waals surface area (Å²) in [5.41, 5.74) is 3.89. The Morgan fingerprint density at radius 3 is 2.05 bits per heavy atom. The number of carbonyl (C=O) groups excluding carboxylic acids is 4. The first-order chi connectivity index (χ1) is 27.9. The van der Waals surface area contributed by atoms with Gasteiger partial charge in [-0.25, -0.2) is 0 Å². The van der Waals surface area contributed by atoms with Crippen LogP contribution in [0.5, 0.6) is 11.5 Å². The number of para-hydroxylation sites is 1. The van der Waals surface area contributed by atoms with Gasteiger partial charge in [-0.05, 0) is 72.1 Å². The van der Waals surface area contributed by atoms with E-state index in [2.05, 4.69) is 15.6 Å². The molecular formula is C49H53N3O8. The van der Waals surface area contributed by atoms with Crippen molar-refractivity contribution in [3.8, 4) is 11.5 Å². The van der Waals surface area contributed by atoms with Gasteiger partial charge in [0.05, 0.1) is 17.6 Å². The molecule has 0 spiro atoms. The number of fused-ring (bicyclic) bond motifs is 3. The van der Waals surface area contributed by atoms with Crippen LogP contribution in [-0.2, 0) is 37.7 Å². The highest BCUT2D eigenvalue weighted by molar-refractivity contribution is 6.29. The minimum atomic E-state index is -0.747. The first kappa shape index (κ1) is 43.3. The number of carbonyl (C=O) groups is 4. The lowest BCUT2D eigenvalue weighted by atomic mass is 9.78. The van der Waals surface area contributed by atoms with Crippen molar-refractivity contribution in [2.45, 2.75) is 97.3 Å². The lowest BCUT2D eigenvalue weighted by Crippen LogP contribution is -2.27. The van der Waals surface area contributed by atoms with E-state index >= 15 is 0 Å². The molecule has 0 bridgehead atoms. The van der Waals surface area contributed by atoms with E-state index in [9.17, 15) is 34.2 Å². The van der Waals surface area contributed by atoms with Gasteiger partial charge in [-0.1, -0.05) is 97.9 Å². The molecule has 0 atom stereocenters. The molecular weight excluding hydrogens is 759 g/mol. The van der Waals surface area contributed by atoms with Crippen molar-refractivity contribution in [1.29, 1.82) is 0 Å². The number of aliphatic hydroxyl groups excluding tert-OH is 1. The number of anilines is 2. The number of phenols is 1. The van der Waals surface area contributed by atoms with Crippen LogP contribution in [0, 0.1) is 0 Å². The number of H-pyrrole nitrogens is 1. The molecule has 0 saturated carbocycles. The van der Waals surface area contributed by atoms with Crippen LogP contribution in [0.1, 0.15) is 118 Å². The van der Waals surface area contributed by atoms with Crippen LogP contribution >= 0.6 is 0 Å². The van der Waals surface area contributed by atoms with E-state index < -0.39 is 22.6 Å². The molecule has 60 heavy (non-hydrogen) atoms. The van der Waals surface area contributed by atoms with Crippen LogP contribution in [0.2, 0.25) is 0 Å². The van der Waals surface area contributed by atoms with Gasteiger partial charge in [-0.15, -0.1) is 0 Å². The molecule has 0 radical (unpaired) electrons. The predicted octanol–water partition coefficient (Wildman–Crippen LogP) is 8.54. The molecule has 0 fully saturated rings. The van der Waals surface area contributed by atoms with E-state index in [-0.39, 0.29) is 51.5 Å². The quantitative estimate of drug-likeness (QED) is 0.0644. The van der Waals surface area contributed by atoms with Crippen LogP contribution < -0.4 is 20.8 Å². The third-order valence-corrected chi connectivity index (χ3v) is 11.2. The second kappa shape index (κ2) is 15.7. The molecule has 11 heteroatoms. The zero-order valence-electron chi connectivity index (χ0n) is 35.8. The fourth-order valence-electron chi connectivity index (χ4n) is 7.43. The number of nitrogens with one attached hydrogen (secondary N) is 3. The van der Waals surface area contributed by atoms with Gasteiger partial charge >= 0.3 is 5.97 Å². The summed E-state index contributed by atoms with van der Waals surface area (Å²) in [7, 11) is 0. The van der Waals surface area contributed by atoms with E-state index in [1.165, 1.54) is 12.3 Å². The maximum atomic E-state index is 13.1. The first-order valence-electron chi connectivity index (χ1n) is 19.9. The minimum absolute atomic E-state index is 0.00665. The minimum Gasteiger partial charge on any atom is -0.508 e. The number of rotatable bonds is 6. The summed E-state index contributed by atoms with van der Waals surface area (Å²) in [5, 5.41) is 26.5. The van der Waals surface area contributed by atoms with E-state index in [1.807, 2.05) is 99.6 Å². The second-order valence-corrected chi connectivity index (χ2v) is 18.7. The number of aromatic hydroxyl groups is 1. The standard InChI is InChI=1S/C25H25NO4.C24H28N2O4/c1-24(2,3)17-12-18-20(30-23(29)25(18,4)5)13-19(17)26-22(28)16-11-10-14-8-6-7-9-15(14)21(16)27;1-23(2,3)16-10-17(24(4,5)13-27)20(28)11-19(16)26-22(30)15-12-25-18-9-7-6-8-14(18)21(15)29/h6-9,11-13H,10H2,1-5H3,(H,26,28);6-12,27-28H,13H2,1-5H3,(H,25,29)(H,26,30). The first-order valence-corrected chi connectivity index (χ1v) is 19.9. The number of phenolic OH excluding ortho intramolecular Hbond substituents is 1. The van der Waals surface area contributed by atoms with Gasteiger partial charge in [0.25, 0.3) is 11.8 Å². The Balaban J connectivity index is 0.000000201. The second-order valence-electron chi connectivity index (χ2n) is 18.7. The van der Waals surface area contributed by atoms with Gasteiger partial charge in [0.15, 0.2) is 5.78 Å². The van der Waals surface area contributed by atoms with Crippen molar-refractivity contribution < 1.29 is 34.1 Å². The van der Waals surface area contributed by atoms with Crippen molar-refractivity contribution >= 4 is 45.8 Å². The number of aliphatic hydroxyl groups is 1. The van der Waals surface area contributed by atoms with Crippen molar-refractivity contribution in [2.24, 2.45) is 0 Å². The van der Waals surface area contributed by atoms with Gasteiger partial charge in [0.1, 0.15) is 17.1 Å². The number of Topliss-reactive ketones (excluding diaryl/α,β-unsaturated/α-hetero) is 1. The molecule has 2 aliphatic rings. The Bertz CT molecular complexity index is 2670. The van der Waals surface area contributed by atoms with Crippen molar-refractivity contribution in [3.63, 3.8) is 0 Å². The fraction of sp³-hybridized carbons (Fsp3) is 0.327. The number of ketones is 1. The summed E-state index contributed by atoms with van der Waals surface area (Å²) < 4.78 is 5.45. The fourth-order valence-corrected chi connectivity index (χ4v) is 7.43. The number of esters is 1. The lowest BCUT2D eigenvalue weighted by Gasteiger charge is -2.29. The van der Waals surface area contributed by atoms with Gasteiger partial charge in [-0.3, -0.25) is 24.0 Å². The number of allylic oxidation sites excluding steroid dienone is 1. The van der Waals surface area contributed by atoms with Crippen LogP contribution in [0.4, 0.5) is 11.4 Å². The van der Waals surface area contributed by atoms with E-state index in [0.717, 1.165) is 22.3 Å². The summed E-state index contributed by atoms with van der Waals surface area (Å²) in [6.07, 6.45) is 3.61. The summed E-state index contributed by atoms with van der Waals surface area (Å²) in [5.74, 6) is -1.18. The van der Waals surface area contributed by atoms with Crippen molar-refractivity contribution in [3.05, 3.63) is 140 Å². The third kappa shape index (κ3) is 8.27. The third-order valence-electron chi connectivity index (χ3n) is 11.2. The molecule has 0 saturated heterocycles.